The van der Waals surface area contributed by atoms with Gasteiger partial charge in [0.05, 0.1) is 0 Å². The van der Waals surface area contributed by atoms with E-state index in [4.69, 9.17) is 4.74 Å². The molecule has 0 unspecified atom stereocenters. The second-order valence-corrected chi connectivity index (χ2v) is 4.92. The number of carbonyl (C=O) groups is 1. The number of hydrogen-bond acceptors (Lipinski definition) is 2. The zero-order chi connectivity index (χ0) is 14.7. The number of halogens is 1. The van der Waals surface area contributed by atoms with Gasteiger partial charge in [-0.1, -0.05) is 18.2 Å². The first-order chi connectivity index (χ1) is 9.47. The van der Waals surface area contributed by atoms with Crippen LogP contribution < -0.4 is 4.74 Å². The summed E-state index contributed by atoms with van der Waals surface area (Å²) in [7, 11) is 0. The summed E-state index contributed by atoms with van der Waals surface area (Å²) in [5, 5.41) is 0. The lowest BCUT2D eigenvalue weighted by Crippen LogP contribution is -2.12. The maximum Gasteiger partial charge on any atom is 0.200 e. The lowest BCUT2D eigenvalue weighted by molar-refractivity contribution is 0.0920. The molecule has 0 spiro atoms. The molecule has 2 aromatic carbocycles. The molecule has 0 aromatic heterocycles. The highest BCUT2D eigenvalue weighted by molar-refractivity contribution is 5.97. The first-order valence-electron chi connectivity index (χ1n) is 6.47. The summed E-state index contributed by atoms with van der Waals surface area (Å²) < 4.78 is 18.5. The van der Waals surface area contributed by atoms with Crippen molar-refractivity contribution >= 4 is 5.78 Å². The Morgan fingerprint density at radius 2 is 1.70 bits per heavy atom. The average Bonchev–Trinajstić information content (AvgIpc) is 2.42. The maximum absolute atomic E-state index is 13.1. The van der Waals surface area contributed by atoms with Crippen molar-refractivity contribution in [1.82, 2.24) is 0 Å². The number of carbonyl (C=O) groups excluding carboxylic acids is 1. The van der Waals surface area contributed by atoms with Gasteiger partial charge >= 0.3 is 0 Å². The molecule has 3 heteroatoms. The van der Waals surface area contributed by atoms with Gasteiger partial charge in [-0.05, 0) is 49.6 Å². The Balaban J connectivity index is 2.08. The van der Waals surface area contributed by atoms with E-state index in [9.17, 15) is 9.18 Å². The number of aryl methyl sites for hydroxylation is 3. The molecule has 0 aliphatic heterocycles. The average molecular weight is 272 g/mol. The van der Waals surface area contributed by atoms with E-state index in [0.717, 1.165) is 16.7 Å². The van der Waals surface area contributed by atoms with Crippen molar-refractivity contribution < 1.29 is 13.9 Å². The van der Waals surface area contributed by atoms with Gasteiger partial charge in [-0.2, -0.15) is 0 Å². The van der Waals surface area contributed by atoms with Crippen LogP contribution in [0.2, 0.25) is 0 Å². The third-order valence-corrected chi connectivity index (χ3v) is 3.34. The van der Waals surface area contributed by atoms with Crippen LogP contribution in [0.5, 0.6) is 5.75 Å². The van der Waals surface area contributed by atoms with E-state index in [0.29, 0.717) is 11.3 Å². The molecule has 2 rings (SSSR count). The van der Waals surface area contributed by atoms with E-state index in [2.05, 4.69) is 0 Å². The highest BCUT2D eigenvalue weighted by Crippen LogP contribution is 2.19. The molecular formula is C17H17FO2. The Labute approximate surface area is 118 Å². The number of benzene rings is 2. The molecule has 0 amide bonds. The lowest BCUT2D eigenvalue weighted by Gasteiger charge is -2.09. The van der Waals surface area contributed by atoms with Crippen LogP contribution in [-0.4, -0.2) is 12.4 Å². The molecule has 20 heavy (non-hydrogen) atoms. The van der Waals surface area contributed by atoms with Crippen molar-refractivity contribution in [1.29, 1.82) is 0 Å². The maximum atomic E-state index is 13.1. The fraction of sp³-hybridized carbons (Fsp3) is 0.235. The minimum Gasteiger partial charge on any atom is -0.485 e. The molecule has 104 valence electrons. The fourth-order valence-electron chi connectivity index (χ4n) is 1.87. The largest absolute Gasteiger partial charge is 0.485 e. The smallest absolute Gasteiger partial charge is 0.200 e. The molecule has 2 nitrogen and oxygen atoms in total. The van der Waals surface area contributed by atoms with E-state index in [1.54, 1.807) is 12.1 Å². The summed E-state index contributed by atoms with van der Waals surface area (Å²) in [5.74, 6) is -0.0804. The summed E-state index contributed by atoms with van der Waals surface area (Å²) in [5.41, 5.74) is 3.63. The van der Waals surface area contributed by atoms with Crippen molar-refractivity contribution in [3.63, 3.8) is 0 Å². The second kappa shape index (κ2) is 5.87. The highest BCUT2D eigenvalue weighted by Gasteiger charge is 2.09. The molecule has 0 bridgehead atoms. The molecule has 0 saturated carbocycles. The van der Waals surface area contributed by atoms with Crippen LogP contribution in [0.15, 0.2) is 36.4 Å². The number of rotatable bonds is 4. The van der Waals surface area contributed by atoms with Crippen molar-refractivity contribution in [3.05, 3.63) is 64.5 Å². The summed E-state index contributed by atoms with van der Waals surface area (Å²) >= 11 is 0. The van der Waals surface area contributed by atoms with E-state index in [1.807, 2.05) is 32.9 Å². The van der Waals surface area contributed by atoms with Crippen molar-refractivity contribution in [3.8, 4) is 5.75 Å². The zero-order valence-electron chi connectivity index (χ0n) is 11.9. The molecule has 0 radical (unpaired) electrons. The topological polar surface area (TPSA) is 26.3 Å². The molecule has 0 N–H and O–H groups in total. The minimum absolute atomic E-state index is 0.0905. The van der Waals surface area contributed by atoms with Gasteiger partial charge in [0.2, 0.25) is 0 Å². The van der Waals surface area contributed by atoms with Crippen LogP contribution in [0.3, 0.4) is 0 Å². The first-order valence-corrected chi connectivity index (χ1v) is 6.47. The zero-order valence-corrected chi connectivity index (χ0v) is 11.9. The Morgan fingerprint density at radius 3 is 2.40 bits per heavy atom. The lowest BCUT2D eigenvalue weighted by atomic mass is 10.0. The van der Waals surface area contributed by atoms with E-state index in [-0.39, 0.29) is 18.2 Å². The van der Waals surface area contributed by atoms with Gasteiger partial charge < -0.3 is 4.74 Å². The van der Waals surface area contributed by atoms with E-state index < -0.39 is 0 Å². The van der Waals surface area contributed by atoms with Crippen LogP contribution >= 0.6 is 0 Å². The Morgan fingerprint density at radius 1 is 1.00 bits per heavy atom. The minimum atomic E-state index is -0.371. The molecule has 0 saturated heterocycles. The Kier molecular flexibility index (Phi) is 4.18. The number of ketones is 1. The molecule has 0 aliphatic rings. The number of Topliss-reactive ketones (excluding diaryl/α,β-unsaturated/α-hetero) is 1. The van der Waals surface area contributed by atoms with E-state index in [1.165, 1.54) is 12.1 Å². The van der Waals surface area contributed by atoms with Crippen molar-refractivity contribution in [2.75, 3.05) is 6.61 Å². The third-order valence-electron chi connectivity index (χ3n) is 3.34. The van der Waals surface area contributed by atoms with Gasteiger partial charge in [-0.3, -0.25) is 4.79 Å². The number of ether oxygens (including phenoxy) is 1. The SMILES string of the molecule is Cc1ccc(C(=O)COc2cc(F)ccc2C)cc1C. The molecule has 2 aromatic rings. The monoisotopic (exact) mass is 272 g/mol. The van der Waals surface area contributed by atoms with E-state index >= 15 is 0 Å². The predicted octanol–water partition coefficient (Wildman–Crippen LogP) is 4.01. The summed E-state index contributed by atoms with van der Waals surface area (Å²) in [6, 6.07) is 9.84. The van der Waals surface area contributed by atoms with Gasteiger partial charge in [-0.25, -0.2) is 4.39 Å². The van der Waals surface area contributed by atoms with Gasteiger partial charge in [-0.15, -0.1) is 0 Å². The molecule has 0 atom stereocenters. The van der Waals surface area contributed by atoms with Crippen molar-refractivity contribution in [2.45, 2.75) is 20.8 Å². The predicted molar refractivity (Wildman–Crippen MR) is 76.9 cm³/mol. The summed E-state index contributed by atoms with van der Waals surface area (Å²) in [6.07, 6.45) is 0. The molecular weight excluding hydrogens is 255 g/mol. The summed E-state index contributed by atoms with van der Waals surface area (Å²) in [6.45, 7) is 5.68. The molecule has 0 aliphatic carbocycles. The van der Waals surface area contributed by atoms with Crippen LogP contribution in [-0.2, 0) is 0 Å². The van der Waals surface area contributed by atoms with Crippen molar-refractivity contribution in [2.24, 2.45) is 0 Å². The standard InChI is InChI=1S/C17H17FO2/c1-11-4-6-14(8-13(11)3)16(19)10-20-17-9-15(18)7-5-12(17)2/h4-9H,10H2,1-3H3. The van der Waals surface area contributed by atoms with Gasteiger partial charge in [0, 0.05) is 11.6 Å². The Hall–Kier alpha value is -2.16. The first kappa shape index (κ1) is 14.3. The third kappa shape index (κ3) is 3.23. The fourth-order valence-corrected chi connectivity index (χ4v) is 1.87. The number of hydrogen-bond donors (Lipinski definition) is 0. The Bertz CT molecular complexity index is 647. The highest BCUT2D eigenvalue weighted by atomic mass is 19.1. The van der Waals surface area contributed by atoms with Crippen LogP contribution in [0.1, 0.15) is 27.0 Å². The normalized spacial score (nSPS) is 10.4. The van der Waals surface area contributed by atoms with Gasteiger partial charge in [0.25, 0.3) is 0 Å². The van der Waals surface area contributed by atoms with Crippen LogP contribution in [0.4, 0.5) is 4.39 Å². The molecule has 0 fully saturated rings. The van der Waals surface area contributed by atoms with Crippen LogP contribution in [0.25, 0.3) is 0 Å². The van der Waals surface area contributed by atoms with Gasteiger partial charge in [0.15, 0.2) is 12.4 Å². The summed E-state index contributed by atoms with van der Waals surface area (Å²) in [4.78, 5) is 12.1. The second-order valence-electron chi connectivity index (χ2n) is 4.92. The molecule has 0 heterocycles. The quantitative estimate of drug-likeness (QED) is 0.786. The van der Waals surface area contributed by atoms with Crippen LogP contribution in [0, 0.1) is 26.6 Å². The van der Waals surface area contributed by atoms with Gasteiger partial charge in [0.1, 0.15) is 11.6 Å².